The van der Waals surface area contributed by atoms with E-state index in [2.05, 4.69) is 5.16 Å². The van der Waals surface area contributed by atoms with Crippen molar-refractivity contribution in [3.63, 3.8) is 0 Å². The molecule has 4 nitrogen and oxygen atoms in total. The van der Waals surface area contributed by atoms with E-state index >= 15 is 0 Å². The number of alkyl halides is 2. The molecular formula is C10H10F2N2O2. The van der Waals surface area contributed by atoms with Crippen molar-refractivity contribution in [3.8, 4) is 0 Å². The minimum atomic E-state index is -3.08. The van der Waals surface area contributed by atoms with E-state index < -0.39 is 12.3 Å². The van der Waals surface area contributed by atoms with Gasteiger partial charge in [-0.2, -0.15) is 8.78 Å². The van der Waals surface area contributed by atoms with Gasteiger partial charge in [-0.1, -0.05) is 23.4 Å². The zero-order valence-electron chi connectivity index (χ0n) is 8.45. The van der Waals surface area contributed by atoms with Gasteiger partial charge in [0.25, 0.3) is 5.91 Å². The maximum Gasteiger partial charge on any atom is 0.315 e. The van der Waals surface area contributed by atoms with Crippen molar-refractivity contribution < 1.29 is 18.8 Å². The Morgan fingerprint density at radius 2 is 2.06 bits per heavy atom. The van der Waals surface area contributed by atoms with Gasteiger partial charge in [0.05, 0.1) is 11.4 Å². The third kappa shape index (κ3) is 2.75. The second-order valence-electron chi connectivity index (χ2n) is 3.02. The molecule has 86 valence electrons. The van der Waals surface area contributed by atoms with Crippen molar-refractivity contribution in [2.24, 2.45) is 5.16 Å². The number of para-hydroxylation sites is 1. The van der Waals surface area contributed by atoms with Gasteiger partial charge in [-0.25, -0.2) is 0 Å². The van der Waals surface area contributed by atoms with Crippen molar-refractivity contribution in [2.45, 2.75) is 13.3 Å². The van der Waals surface area contributed by atoms with Crippen LogP contribution in [0.25, 0.3) is 0 Å². The fourth-order valence-corrected chi connectivity index (χ4v) is 1.15. The molecule has 1 aromatic rings. The molecule has 16 heavy (non-hydrogen) atoms. The predicted molar refractivity (Wildman–Crippen MR) is 55.1 cm³/mol. The first kappa shape index (κ1) is 12.1. The van der Waals surface area contributed by atoms with E-state index in [1.807, 2.05) is 5.32 Å². The SMILES string of the molecule is C/C(=N\O)c1ccccc1NC(=O)C(F)F. The van der Waals surface area contributed by atoms with Crippen LogP contribution in [0.3, 0.4) is 0 Å². The zero-order chi connectivity index (χ0) is 12.1. The molecule has 1 rings (SSSR count). The summed E-state index contributed by atoms with van der Waals surface area (Å²) < 4.78 is 24.1. The highest BCUT2D eigenvalue weighted by atomic mass is 19.3. The Morgan fingerprint density at radius 1 is 1.44 bits per heavy atom. The van der Waals surface area contributed by atoms with E-state index in [1.54, 1.807) is 18.2 Å². The Kier molecular flexibility index (Phi) is 3.93. The molecular weight excluding hydrogens is 218 g/mol. The Balaban J connectivity index is 3.00. The van der Waals surface area contributed by atoms with Gasteiger partial charge >= 0.3 is 6.43 Å². The van der Waals surface area contributed by atoms with Crippen LogP contribution in [0.5, 0.6) is 0 Å². The van der Waals surface area contributed by atoms with Gasteiger partial charge in [0, 0.05) is 5.56 Å². The molecule has 2 N–H and O–H groups in total. The van der Waals surface area contributed by atoms with Crippen molar-refractivity contribution >= 4 is 17.3 Å². The van der Waals surface area contributed by atoms with Gasteiger partial charge in [-0.3, -0.25) is 4.79 Å². The first-order valence-electron chi connectivity index (χ1n) is 4.43. The monoisotopic (exact) mass is 228 g/mol. The second kappa shape index (κ2) is 5.20. The van der Waals surface area contributed by atoms with Crippen molar-refractivity contribution in [1.82, 2.24) is 0 Å². The number of nitrogens with one attached hydrogen (secondary N) is 1. The molecule has 0 fully saturated rings. The molecule has 0 saturated carbocycles. The van der Waals surface area contributed by atoms with Crippen LogP contribution in [-0.4, -0.2) is 23.3 Å². The number of amides is 1. The van der Waals surface area contributed by atoms with Crippen LogP contribution in [-0.2, 0) is 4.79 Å². The largest absolute Gasteiger partial charge is 0.411 e. The number of hydrogen-bond donors (Lipinski definition) is 2. The van der Waals surface area contributed by atoms with E-state index in [0.29, 0.717) is 5.56 Å². The number of anilines is 1. The molecule has 0 atom stereocenters. The number of rotatable bonds is 3. The van der Waals surface area contributed by atoms with Gasteiger partial charge in [-0.05, 0) is 13.0 Å². The van der Waals surface area contributed by atoms with E-state index in [1.165, 1.54) is 13.0 Å². The lowest BCUT2D eigenvalue weighted by molar-refractivity contribution is -0.126. The first-order valence-corrected chi connectivity index (χ1v) is 4.43. The molecule has 0 saturated heterocycles. The lowest BCUT2D eigenvalue weighted by Gasteiger charge is -2.09. The van der Waals surface area contributed by atoms with Crippen LogP contribution in [0.15, 0.2) is 29.4 Å². The lowest BCUT2D eigenvalue weighted by Crippen LogP contribution is -2.21. The summed E-state index contributed by atoms with van der Waals surface area (Å²) in [5.41, 5.74) is 0.798. The quantitative estimate of drug-likeness (QED) is 0.472. The van der Waals surface area contributed by atoms with Gasteiger partial charge in [-0.15, -0.1) is 0 Å². The number of carbonyl (C=O) groups excluding carboxylic acids is 1. The molecule has 0 aromatic heterocycles. The predicted octanol–water partition coefficient (Wildman–Crippen LogP) is 2.09. The smallest absolute Gasteiger partial charge is 0.315 e. The summed E-state index contributed by atoms with van der Waals surface area (Å²) in [6, 6.07) is 6.22. The fourth-order valence-electron chi connectivity index (χ4n) is 1.15. The Bertz CT molecular complexity index is 419. The molecule has 0 heterocycles. The van der Waals surface area contributed by atoms with Crippen LogP contribution in [0.4, 0.5) is 14.5 Å². The molecule has 0 radical (unpaired) electrons. The standard InChI is InChI=1S/C10H10F2N2O2/c1-6(14-16)7-4-2-3-5-8(7)13-10(15)9(11)12/h2-5,9,16H,1H3,(H,13,15)/b14-6+. The molecule has 1 amide bonds. The molecule has 1 aromatic carbocycles. The van der Waals surface area contributed by atoms with Crippen molar-refractivity contribution in [3.05, 3.63) is 29.8 Å². The first-order chi connectivity index (χ1) is 7.56. The summed E-state index contributed by atoms with van der Waals surface area (Å²) in [6.45, 7) is 1.49. The summed E-state index contributed by atoms with van der Waals surface area (Å²) in [5.74, 6) is -1.39. The number of benzene rings is 1. The molecule has 0 spiro atoms. The summed E-state index contributed by atoms with van der Waals surface area (Å²) >= 11 is 0. The molecule has 0 aliphatic carbocycles. The lowest BCUT2D eigenvalue weighted by atomic mass is 10.1. The third-order valence-electron chi connectivity index (χ3n) is 1.92. The number of oxime groups is 1. The highest BCUT2D eigenvalue weighted by molar-refractivity contribution is 6.06. The van der Waals surface area contributed by atoms with E-state index in [0.717, 1.165) is 0 Å². The second-order valence-corrected chi connectivity index (χ2v) is 3.02. The minimum absolute atomic E-state index is 0.183. The van der Waals surface area contributed by atoms with Gasteiger partial charge < -0.3 is 10.5 Å². The Labute approximate surface area is 90.6 Å². The average molecular weight is 228 g/mol. The summed E-state index contributed by atoms with van der Waals surface area (Å²) in [4.78, 5) is 10.8. The number of hydrogen-bond acceptors (Lipinski definition) is 3. The topological polar surface area (TPSA) is 61.7 Å². The molecule has 0 aliphatic heterocycles. The fraction of sp³-hybridized carbons (Fsp3) is 0.200. The van der Waals surface area contributed by atoms with Crippen LogP contribution < -0.4 is 5.32 Å². The molecule has 0 unspecified atom stereocenters. The van der Waals surface area contributed by atoms with Crippen LogP contribution in [0.1, 0.15) is 12.5 Å². The summed E-state index contributed by atoms with van der Waals surface area (Å²) in [6.07, 6.45) is -3.08. The Morgan fingerprint density at radius 3 is 2.62 bits per heavy atom. The van der Waals surface area contributed by atoms with E-state index in [9.17, 15) is 13.6 Å². The maximum absolute atomic E-state index is 12.0. The van der Waals surface area contributed by atoms with Crippen molar-refractivity contribution in [2.75, 3.05) is 5.32 Å². The average Bonchev–Trinajstić information content (AvgIpc) is 2.28. The molecule has 0 bridgehead atoms. The Hall–Kier alpha value is -1.98. The summed E-state index contributed by atoms with van der Waals surface area (Å²) in [5, 5.41) is 13.6. The van der Waals surface area contributed by atoms with Gasteiger partial charge in [0.15, 0.2) is 0 Å². The number of carbonyl (C=O) groups is 1. The van der Waals surface area contributed by atoms with E-state index in [4.69, 9.17) is 5.21 Å². The molecule has 0 aliphatic rings. The highest BCUT2D eigenvalue weighted by Crippen LogP contribution is 2.16. The third-order valence-corrected chi connectivity index (χ3v) is 1.92. The zero-order valence-corrected chi connectivity index (χ0v) is 8.45. The van der Waals surface area contributed by atoms with Crippen LogP contribution in [0.2, 0.25) is 0 Å². The number of nitrogens with zero attached hydrogens (tertiary/aromatic N) is 1. The minimum Gasteiger partial charge on any atom is -0.411 e. The molecule has 6 heteroatoms. The van der Waals surface area contributed by atoms with Crippen molar-refractivity contribution in [1.29, 1.82) is 0 Å². The van der Waals surface area contributed by atoms with Crippen LogP contribution in [0, 0.1) is 0 Å². The van der Waals surface area contributed by atoms with Crippen LogP contribution >= 0.6 is 0 Å². The number of halogens is 2. The van der Waals surface area contributed by atoms with Gasteiger partial charge in [0.1, 0.15) is 0 Å². The maximum atomic E-state index is 12.0. The van der Waals surface area contributed by atoms with Gasteiger partial charge in [0.2, 0.25) is 0 Å². The normalized spacial score (nSPS) is 11.6. The highest BCUT2D eigenvalue weighted by Gasteiger charge is 2.16. The van der Waals surface area contributed by atoms with E-state index in [-0.39, 0.29) is 11.4 Å². The summed E-state index contributed by atoms with van der Waals surface area (Å²) in [7, 11) is 0.